The fourth-order valence-electron chi connectivity index (χ4n) is 2.91. The number of amides is 2. The lowest BCUT2D eigenvalue weighted by Crippen LogP contribution is -2.52. The number of aromatic nitrogens is 1. The van der Waals surface area contributed by atoms with Gasteiger partial charge in [-0.1, -0.05) is 35.5 Å². The number of carbonyl (C=O) groups excluding carboxylic acids is 2. The molecule has 27 heavy (non-hydrogen) atoms. The third kappa shape index (κ3) is 3.75. The van der Waals surface area contributed by atoms with E-state index in [1.807, 2.05) is 30.3 Å². The van der Waals surface area contributed by atoms with Crippen molar-refractivity contribution in [1.29, 1.82) is 0 Å². The van der Waals surface area contributed by atoms with Crippen molar-refractivity contribution < 1.29 is 23.3 Å². The lowest BCUT2D eigenvalue weighted by Gasteiger charge is -2.31. The zero-order valence-corrected chi connectivity index (χ0v) is 14.3. The van der Waals surface area contributed by atoms with E-state index in [4.69, 9.17) is 13.7 Å². The molecule has 8 nitrogen and oxygen atoms in total. The number of carbonyl (C=O) groups is 2. The Hall–Kier alpha value is -3.39. The Morgan fingerprint density at radius 2 is 2.04 bits per heavy atom. The summed E-state index contributed by atoms with van der Waals surface area (Å²) in [5.41, 5.74) is 1.35. The summed E-state index contributed by atoms with van der Waals surface area (Å²) >= 11 is 0. The third-order valence-corrected chi connectivity index (χ3v) is 4.20. The second kappa shape index (κ2) is 7.46. The monoisotopic (exact) mass is 367 g/mol. The number of furan rings is 1. The van der Waals surface area contributed by atoms with Crippen LogP contribution in [0.4, 0.5) is 0 Å². The summed E-state index contributed by atoms with van der Waals surface area (Å²) in [6, 6.07) is 13.9. The van der Waals surface area contributed by atoms with Gasteiger partial charge in [-0.3, -0.25) is 9.59 Å². The number of morpholine rings is 1. The van der Waals surface area contributed by atoms with Crippen molar-refractivity contribution in [2.45, 2.75) is 18.7 Å². The summed E-state index contributed by atoms with van der Waals surface area (Å²) < 4.78 is 15.9. The van der Waals surface area contributed by atoms with Crippen LogP contribution in [0.5, 0.6) is 0 Å². The predicted molar refractivity (Wildman–Crippen MR) is 93.1 cm³/mol. The fraction of sp³-hybridized carbons (Fsp3) is 0.211. The summed E-state index contributed by atoms with van der Waals surface area (Å²) in [7, 11) is 0. The van der Waals surface area contributed by atoms with Crippen molar-refractivity contribution in [3.8, 4) is 11.5 Å². The van der Waals surface area contributed by atoms with Crippen LogP contribution < -0.4 is 10.6 Å². The zero-order chi connectivity index (χ0) is 18.6. The quantitative estimate of drug-likeness (QED) is 0.712. The molecule has 0 aliphatic carbocycles. The standard InChI is InChI=1S/C19H17N3O5/c23-16-11-26-18(17(21-16)12-5-2-1-3-6-12)19(24)20-10-13-9-15(27-22-13)14-7-4-8-25-14/h1-9,17-18H,10-11H2,(H,20,24)(H,21,23)/t17-,18+/m1/s1. The lowest BCUT2D eigenvalue weighted by molar-refractivity contribution is -0.148. The molecule has 1 saturated heterocycles. The maximum atomic E-state index is 12.6. The zero-order valence-electron chi connectivity index (χ0n) is 14.3. The Bertz CT molecular complexity index is 920. The average Bonchev–Trinajstić information content (AvgIpc) is 3.38. The van der Waals surface area contributed by atoms with E-state index in [0.717, 1.165) is 5.56 Å². The molecule has 0 spiro atoms. The minimum absolute atomic E-state index is 0.159. The largest absolute Gasteiger partial charge is 0.461 e. The van der Waals surface area contributed by atoms with Crippen LogP contribution in [0.15, 0.2) is 63.7 Å². The molecule has 3 heterocycles. The number of hydrogen-bond donors (Lipinski definition) is 2. The van der Waals surface area contributed by atoms with Crippen molar-refractivity contribution in [2.24, 2.45) is 0 Å². The minimum Gasteiger partial charge on any atom is -0.461 e. The Balaban J connectivity index is 1.43. The molecule has 0 unspecified atom stereocenters. The summed E-state index contributed by atoms with van der Waals surface area (Å²) in [4.78, 5) is 24.3. The highest BCUT2D eigenvalue weighted by molar-refractivity contribution is 5.86. The maximum Gasteiger partial charge on any atom is 0.251 e. The minimum atomic E-state index is -0.832. The van der Waals surface area contributed by atoms with Crippen LogP contribution in [-0.4, -0.2) is 29.7 Å². The van der Waals surface area contributed by atoms with Crippen LogP contribution in [0, 0.1) is 0 Å². The van der Waals surface area contributed by atoms with E-state index in [0.29, 0.717) is 17.2 Å². The summed E-state index contributed by atoms with van der Waals surface area (Å²) in [5.74, 6) is 0.439. The van der Waals surface area contributed by atoms with Crippen LogP contribution in [0.2, 0.25) is 0 Å². The number of rotatable bonds is 5. The second-order valence-corrected chi connectivity index (χ2v) is 6.07. The van der Waals surface area contributed by atoms with Gasteiger partial charge in [0.05, 0.1) is 18.8 Å². The van der Waals surface area contributed by atoms with E-state index in [2.05, 4.69) is 15.8 Å². The molecule has 2 N–H and O–H groups in total. The molecule has 138 valence electrons. The molecule has 3 aromatic rings. The molecule has 0 radical (unpaired) electrons. The number of nitrogens with one attached hydrogen (secondary N) is 2. The van der Waals surface area contributed by atoms with Crippen LogP contribution in [0.1, 0.15) is 17.3 Å². The van der Waals surface area contributed by atoms with Crippen LogP contribution in [0.25, 0.3) is 11.5 Å². The predicted octanol–water partition coefficient (Wildman–Crippen LogP) is 1.81. The molecular formula is C19H17N3O5. The van der Waals surface area contributed by atoms with E-state index in [1.165, 1.54) is 6.26 Å². The van der Waals surface area contributed by atoms with Crippen molar-refractivity contribution in [1.82, 2.24) is 15.8 Å². The molecule has 2 aromatic heterocycles. The van der Waals surface area contributed by atoms with E-state index in [-0.39, 0.29) is 25.0 Å². The highest BCUT2D eigenvalue weighted by Gasteiger charge is 2.35. The summed E-state index contributed by atoms with van der Waals surface area (Å²) in [5, 5.41) is 9.50. The Morgan fingerprint density at radius 3 is 2.81 bits per heavy atom. The van der Waals surface area contributed by atoms with Crippen molar-refractivity contribution in [3.05, 3.63) is 66.1 Å². The Morgan fingerprint density at radius 1 is 1.19 bits per heavy atom. The van der Waals surface area contributed by atoms with Gasteiger partial charge in [-0.05, 0) is 17.7 Å². The van der Waals surface area contributed by atoms with E-state index in [1.54, 1.807) is 18.2 Å². The van der Waals surface area contributed by atoms with Crippen LogP contribution in [0.3, 0.4) is 0 Å². The molecule has 2 atom stereocenters. The Kier molecular flexibility index (Phi) is 4.71. The number of nitrogens with zero attached hydrogens (tertiary/aromatic N) is 1. The molecule has 1 aromatic carbocycles. The van der Waals surface area contributed by atoms with Gasteiger partial charge in [0.25, 0.3) is 5.91 Å². The van der Waals surface area contributed by atoms with Crippen molar-refractivity contribution in [2.75, 3.05) is 6.61 Å². The summed E-state index contributed by atoms with van der Waals surface area (Å²) in [6.07, 6.45) is 0.708. The number of benzene rings is 1. The molecule has 8 heteroatoms. The fourth-order valence-corrected chi connectivity index (χ4v) is 2.91. The van der Waals surface area contributed by atoms with E-state index in [9.17, 15) is 9.59 Å². The van der Waals surface area contributed by atoms with Crippen LogP contribution in [-0.2, 0) is 20.9 Å². The first-order valence-corrected chi connectivity index (χ1v) is 8.44. The first-order valence-electron chi connectivity index (χ1n) is 8.44. The molecule has 0 saturated carbocycles. The van der Waals surface area contributed by atoms with Gasteiger partial charge in [0.2, 0.25) is 11.7 Å². The van der Waals surface area contributed by atoms with Crippen molar-refractivity contribution in [3.63, 3.8) is 0 Å². The summed E-state index contributed by atoms with van der Waals surface area (Å²) in [6.45, 7) is 0.00633. The first-order chi connectivity index (χ1) is 13.2. The molecule has 1 aliphatic heterocycles. The molecule has 2 amide bonds. The highest BCUT2D eigenvalue weighted by Crippen LogP contribution is 2.23. The van der Waals surface area contributed by atoms with E-state index >= 15 is 0 Å². The van der Waals surface area contributed by atoms with Gasteiger partial charge in [0.15, 0.2) is 11.9 Å². The molecule has 1 fully saturated rings. The van der Waals surface area contributed by atoms with Crippen LogP contribution >= 0.6 is 0 Å². The third-order valence-electron chi connectivity index (χ3n) is 4.20. The SMILES string of the molecule is O=C1CO[C@H](C(=O)NCc2cc(-c3ccco3)on2)[C@@H](c2ccccc2)N1. The first kappa shape index (κ1) is 17.0. The topological polar surface area (TPSA) is 107 Å². The van der Waals surface area contributed by atoms with Gasteiger partial charge in [-0.25, -0.2) is 0 Å². The van der Waals surface area contributed by atoms with E-state index < -0.39 is 12.1 Å². The molecule has 4 rings (SSSR count). The maximum absolute atomic E-state index is 12.6. The molecule has 1 aliphatic rings. The molecule has 0 bridgehead atoms. The van der Waals surface area contributed by atoms with Gasteiger partial charge < -0.3 is 24.3 Å². The number of ether oxygens (including phenoxy) is 1. The highest BCUT2D eigenvalue weighted by atomic mass is 16.5. The smallest absolute Gasteiger partial charge is 0.251 e. The second-order valence-electron chi connectivity index (χ2n) is 6.07. The molecular weight excluding hydrogens is 350 g/mol. The van der Waals surface area contributed by atoms with Crippen molar-refractivity contribution >= 4 is 11.8 Å². The number of hydrogen-bond acceptors (Lipinski definition) is 6. The van der Waals surface area contributed by atoms with Gasteiger partial charge >= 0.3 is 0 Å². The van der Waals surface area contributed by atoms with Gasteiger partial charge in [-0.15, -0.1) is 0 Å². The van der Waals surface area contributed by atoms with Gasteiger partial charge in [0.1, 0.15) is 12.3 Å². The van der Waals surface area contributed by atoms with Gasteiger partial charge in [-0.2, -0.15) is 0 Å². The normalized spacial score (nSPS) is 19.5. The average molecular weight is 367 g/mol. The lowest BCUT2D eigenvalue weighted by atomic mass is 9.99. The Labute approximate surface area is 154 Å². The van der Waals surface area contributed by atoms with Gasteiger partial charge in [0, 0.05) is 6.07 Å².